The Balaban J connectivity index is 4.13. The molecule has 0 aromatic carbocycles. The minimum absolute atomic E-state index is 0.112. The van der Waals surface area contributed by atoms with E-state index in [1.54, 1.807) is 0 Å². The number of carbonyl (C=O) groups excluding carboxylic acids is 2. The van der Waals surface area contributed by atoms with E-state index in [2.05, 4.69) is 25.7 Å². The number of unbranched alkanes of at least 4 members (excludes halogenated alkanes) is 2. The molecule has 1 N–H and O–H groups in total. The quantitative estimate of drug-likeness (QED) is 0.360. The van der Waals surface area contributed by atoms with Gasteiger partial charge >= 0.3 is 12.1 Å². The van der Waals surface area contributed by atoms with Crippen molar-refractivity contribution >= 4 is 12.1 Å². The Morgan fingerprint density at radius 3 is 2.24 bits per heavy atom. The summed E-state index contributed by atoms with van der Waals surface area (Å²) in [7, 11) is 0. The van der Waals surface area contributed by atoms with Crippen molar-refractivity contribution in [1.82, 2.24) is 5.32 Å². The first kappa shape index (κ1) is 19.5. The summed E-state index contributed by atoms with van der Waals surface area (Å²) < 4.78 is 10.3. The zero-order valence-electron chi connectivity index (χ0n) is 13.6. The van der Waals surface area contributed by atoms with Crippen molar-refractivity contribution in [2.45, 2.75) is 64.9 Å². The molecule has 0 aromatic rings. The number of amides is 1. The predicted octanol–water partition coefficient (Wildman–Crippen LogP) is 3.58. The number of rotatable bonds is 11. The third-order valence-corrected chi connectivity index (χ3v) is 3.24. The summed E-state index contributed by atoms with van der Waals surface area (Å²) in [6, 6.07) is 0. The van der Waals surface area contributed by atoms with E-state index in [1.165, 1.54) is 0 Å². The van der Waals surface area contributed by atoms with Crippen LogP contribution >= 0.6 is 0 Å². The van der Waals surface area contributed by atoms with Gasteiger partial charge in [-0.05, 0) is 32.6 Å². The summed E-state index contributed by atoms with van der Waals surface area (Å²) in [5.41, 5.74) is -0.423. The number of hydrogen-bond donors (Lipinski definition) is 1. The van der Waals surface area contributed by atoms with Gasteiger partial charge in [0.1, 0.15) is 12.2 Å². The van der Waals surface area contributed by atoms with Crippen molar-refractivity contribution in [3.8, 4) is 0 Å². The molecule has 5 nitrogen and oxygen atoms in total. The maximum Gasteiger partial charge on any atom is 0.407 e. The normalized spacial score (nSPS) is 10.8. The van der Waals surface area contributed by atoms with E-state index < -0.39 is 17.7 Å². The first-order valence-electron chi connectivity index (χ1n) is 7.73. The average molecular weight is 299 g/mol. The fourth-order valence-electron chi connectivity index (χ4n) is 1.95. The highest BCUT2D eigenvalue weighted by molar-refractivity contribution is 5.81. The zero-order valence-corrected chi connectivity index (χ0v) is 13.6. The van der Waals surface area contributed by atoms with Crippen LogP contribution in [0, 0.1) is 0 Å². The van der Waals surface area contributed by atoms with Gasteiger partial charge < -0.3 is 14.8 Å². The molecule has 0 aromatic heterocycles. The molecule has 0 saturated heterocycles. The van der Waals surface area contributed by atoms with Crippen molar-refractivity contribution in [1.29, 1.82) is 0 Å². The van der Waals surface area contributed by atoms with Crippen molar-refractivity contribution in [2.75, 3.05) is 13.2 Å². The second-order valence-electron chi connectivity index (χ2n) is 5.34. The molecular formula is C16H29NO4. The second-order valence-corrected chi connectivity index (χ2v) is 5.34. The highest BCUT2D eigenvalue weighted by Gasteiger charge is 2.27. The summed E-state index contributed by atoms with van der Waals surface area (Å²) in [6.45, 7) is 9.86. The van der Waals surface area contributed by atoms with Gasteiger partial charge in [0.25, 0.3) is 0 Å². The van der Waals surface area contributed by atoms with Gasteiger partial charge in [0.05, 0.1) is 6.54 Å². The van der Waals surface area contributed by atoms with E-state index in [4.69, 9.17) is 9.47 Å². The first-order chi connectivity index (χ1) is 9.97. The largest absolute Gasteiger partial charge is 0.461 e. The number of nitrogens with one attached hydrogen (secondary N) is 1. The molecule has 0 spiro atoms. The average Bonchev–Trinajstić information content (AvgIpc) is 2.47. The molecule has 0 aliphatic rings. The topological polar surface area (TPSA) is 64.6 Å². The van der Waals surface area contributed by atoms with Crippen LogP contribution in [0.5, 0.6) is 0 Å². The van der Waals surface area contributed by atoms with Crippen molar-refractivity contribution in [3.05, 3.63) is 12.7 Å². The lowest BCUT2D eigenvalue weighted by Gasteiger charge is -2.29. The van der Waals surface area contributed by atoms with E-state index in [1.807, 2.05) is 6.92 Å². The standard InChI is InChI=1S/C16H29NO4/c1-5-8-10-16(4,11-9-6-2)21-15(19)17-12-13-20-14(18)7-3/h7H,3,5-6,8-13H2,1-2,4H3,(H,17,19). The fourth-order valence-corrected chi connectivity index (χ4v) is 1.95. The molecule has 5 heteroatoms. The van der Waals surface area contributed by atoms with Crippen LogP contribution in [-0.2, 0) is 14.3 Å². The van der Waals surface area contributed by atoms with Gasteiger partial charge in [0, 0.05) is 6.08 Å². The van der Waals surface area contributed by atoms with Crippen LogP contribution in [0.2, 0.25) is 0 Å². The molecule has 21 heavy (non-hydrogen) atoms. The van der Waals surface area contributed by atoms with Gasteiger partial charge in [-0.3, -0.25) is 0 Å². The molecule has 0 aliphatic heterocycles. The van der Waals surface area contributed by atoms with Crippen molar-refractivity contribution < 1.29 is 19.1 Å². The van der Waals surface area contributed by atoms with E-state index >= 15 is 0 Å². The highest BCUT2D eigenvalue weighted by Crippen LogP contribution is 2.25. The monoisotopic (exact) mass is 299 g/mol. The Labute approximate surface area is 128 Å². The second kappa shape index (κ2) is 11.2. The Morgan fingerprint density at radius 1 is 1.19 bits per heavy atom. The molecule has 1 amide bonds. The molecule has 0 fully saturated rings. The van der Waals surface area contributed by atoms with Crippen molar-refractivity contribution in [3.63, 3.8) is 0 Å². The van der Waals surface area contributed by atoms with Gasteiger partial charge in [0.2, 0.25) is 0 Å². The molecule has 0 bridgehead atoms. The van der Waals surface area contributed by atoms with Gasteiger partial charge in [-0.15, -0.1) is 0 Å². The molecule has 0 heterocycles. The van der Waals surface area contributed by atoms with Crippen LogP contribution < -0.4 is 5.32 Å². The van der Waals surface area contributed by atoms with Crippen LogP contribution in [0.3, 0.4) is 0 Å². The Hall–Kier alpha value is -1.52. The number of esters is 1. The number of alkyl carbamates (subject to hydrolysis) is 1. The summed E-state index contributed by atoms with van der Waals surface area (Å²) in [4.78, 5) is 22.6. The summed E-state index contributed by atoms with van der Waals surface area (Å²) in [5.74, 6) is -0.499. The summed E-state index contributed by atoms with van der Waals surface area (Å²) >= 11 is 0. The minimum Gasteiger partial charge on any atom is -0.461 e. The molecule has 0 rings (SSSR count). The number of carbonyl (C=O) groups is 2. The molecule has 0 unspecified atom stereocenters. The third-order valence-electron chi connectivity index (χ3n) is 3.24. The van der Waals surface area contributed by atoms with E-state index in [9.17, 15) is 9.59 Å². The van der Waals surface area contributed by atoms with Crippen LogP contribution in [0.1, 0.15) is 59.3 Å². The molecule has 0 aliphatic carbocycles. The van der Waals surface area contributed by atoms with E-state index in [0.717, 1.165) is 44.6 Å². The third kappa shape index (κ3) is 9.93. The first-order valence-corrected chi connectivity index (χ1v) is 7.73. The zero-order chi connectivity index (χ0) is 16.1. The summed E-state index contributed by atoms with van der Waals surface area (Å²) in [6.07, 6.45) is 6.57. The van der Waals surface area contributed by atoms with Crippen molar-refractivity contribution in [2.24, 2.45) is 0 Å². The molecule has 0 atom stereocenters. The maximum absolute atomic E-state index is 11.8. The van der Waals surface area contributed by atoms with Crippen LogP contribution in [0.15, 0.2) is 12.7 Å². The Bertz CT molecular complexity index is 320. The van der Waals surface area contributed by atoms with Gasteiger partial charge in [0.15, 0.2) is 0 Å². The Kier molecular flexibility index (Phi) is 10.4. The van der Waals surface area contributed by atoms with Gasteiger partial charge in [-0.25, -0.2) is 9.59 Å². The van der Waals surface area contributed by atoms with Crippen LogP contribution in [0.4, 0.5) is 4.79 Å². The highest BCUT2D eigenvalue weighted by atomic mass is 16.6. The SMILES string of the molecule is C=CC(=O)OCCNC(=O)OC(C)(CCCC)CCCC. The maximum atomic E-state index is 11.8. The lowest BCUT2D eigenvalue weighted by Crippen LogP contribution is -2.38. The lowest BCUT2D eigenvalue weighted by atomic mass is 9.93. The smallest absolute Gasteiger partial charge is 0.407 e. The predicted molar refractivity (Wildman–Crippen MR) is 83.1 cm³/mol. The number of ether oxygens (including phenoxy) is 2. The lowest BCUT2D eigenvalue weighted by molar-refractivity contribution is -0.137. The number of hydrogen-bond acceptors (Lipinski definition) is 4. The molecule has 122 valence electrons. The molecule has 0 saturated carbocycles. The molecule has 0 radical (unpaired) electrons. The van der Waals surface area contributed by atoms with Crippen LogP contribution in [0.25, 0.3) is 0 Å². The van der Waals surface area contributed by atoms with E-state index in [-0.39, 0.29) is 13.2 Å². The van der Waals surface area contributed by atoms with Gasteiger partial charge in [-0.2, -0.15) is 0 Å². The fraction of sp³-hybridized carbons (Fsp3) is 0.750. The van der Waals surface area contributed by atoms with E-state index in [0.29, 0.717) is 0 Å². The van der Waals surface area contributed by atoms with Gasteiger partial charge in [-0.1, -0.05) is 33.3 Å². The van der Waals surface area contributed by atoms with Crippen LogP contribution in [-0.4, -0.2) is 30.8 Å². The Morgan fingerprint density at radius 2 is 1.76 bits per heavy atom. The summed E-state index contributed by atoms with van der Waals surface area (Å²) in [5, 5.41) is 2.60. The molecular weight excluding hydrogens is 270 g/mol. The minimum atomic E-state index is -0.499.